The maximum atomic E-state index is 11.0. The van der Waals surface area contributed by atoms with E-state index in [1.807, 2.05) is 6.92 Å². The lowest BCUT2D eigenvalue weighted by Gasteiger charge is -2.21. The molecule has 0 amide bonds. The van der Waals surface area contributed by atoms with Crippen LogP contribution in [0.3, 0.4) is 0 Å². The van der Waals surface area contributed by atoms with Crippen LogP contribution < -0.4 is 0 Å². The monoisotopic (exact) mass is 143 g/mol. The number of aliphatic hydroxyl groups is 1. The predicted octanol–water partition coefficient (Wildman–Crippen LogP) is -0.0464. The van der Waals surface area contributed by atoms with Gasteiger partial charge < -0.3 is 9.84 Å². The van der Waals surface area contributed by atoms with Crippen LogP contribution in [-0.4, -0.2) is 29.5 Å². The fraction of sp³-hybridized carbons (Fsp3) is 1.00. The Morgan fingerprint density at radius 2 is 2.20 bits per heavy atom. The first-order valence-electron chi connectivity index (χ1n) is 3.69. The standard InChI is InChI=1S/C7H11O3/c1-3-2-4(8)5(9)7-6(3)10-7/h3-7,9H,2H2,1H3/t3?,4-,5-,6+,7-/m1/s1. The SMILES string of the molecule is CC1C[C@@H]([O])[C@@H](O)[C@H]2O[C@@H]12. The second-order valence-corrected chi connectivity index (χ2v) is 3.31. The Morgan fingerprint density at radius 1 is 1.50 bits per heavy atom. The van der Waals surface area contributed by atoms with E-state index in [1.54, 1.807) is 0 Å². The molecule has 2 rings (SSSR count). The maximum Gasteiger partial charge on any atom is 0.122 e. The Kier molecular flexibility index (Phi) is 1.27. The molecular weight excluding hydrogens is 132 g/mol. The summed E-state index contributed by atoms with van der Waals surface area (Å²) >= 11 is 0. The van der Waals surface area contributed by atoms with Crippen LogP contribution in [-0.2, 0) is 9.84 Å². The zero-order valence-electron chi connectivity index (χ0n) is 5.86. The van der Waals surface area contributed by atoms with E-state index in [0.717, 1.165) is 0 Å². The van der Waals surface area contributed by atoms with Gasteiger partial charge in [-0.3, -0.25) is 0 Å². The molecule has 5 atom stereocenters. The van der Waals surface area contributed by atoms with Gasteiger partial charge in [0.2, 0.25) is 0 Å². The van der Waals surface area contributed by atoms with Crippen LogP contribution in [0.2, 0.25) is 0 Å². The van der Waals surface area contributed by atoms with Gasteiger partial charge >= 0.3 is 0 Å². The van der Waals surface area contributed by atoms with Gasteiger partial charge in [-0.2, -0.15) is 0 Å². The van der Waals surface area contributed by atoms with E-state index in [1.165, 1.54) is 0 Å². The minimum atomic E-state index is -0.821. The Labute approximate surface area is 59.6 Å². The Bertz CT molecular complexity index is 146. The topological polar surface area (TPSA) is 52.7 Å². The van der Waals surface area contributed by atoms with Crippen LogP contribution in [0.4, 0.5) is 0 Å². The van der Waals surface area contributed by atoms with Gasteiger partial charge in [-0.15, -0.1) is 0 Å². The molecule has 0 spiro atoms. The molecule has 1 heterocycles. The summed E-state index contributed by atoms with van der Waals surface area (Å²) in [6, 6.07) is 0. The van der Waals surface area contributed by atoms with Gasteiger partial charge in [0.15, 0.2) is 0 Å². The number of epoxide rings is 1. The third kappa shape index (κ3) is 0.779. The second-order valence-electron chi connectivity index (χ2n) is 3.31. The van der Waals surface area contributed by atoms with Crippen molar-refractivity contribution >= 4 is 0 Å². The van der Waals surface area contributed by atoms with Crippen LogP contribution >= 0.6 is 0 Å². The average molecular weight is 143 g/mol. The molecule has 1 saturated carbocycles. The molecule has 1 radical (unpaired) electrons. The summed E-state index contributed by atoms with van der Waals surface area (Å²) in [5.41, 5.74) is 0. The van der Waals surface area contributed by atoms with Crippen molar-refractivity contribution in [1.29, 1.82) is 0 Å². The number of hydrogen-bond acceptors (Lipinski definition) is 2. The lowest BCUT2D eigenvalue weighted by atomic mass is 9.87. The van der Waals surface area contributed by atoms with E-state index in [4.69, 9.17) is 9.84 Å². The fourth-order valence-electron chi connectivity index (χ4n) is 1.72. The van der Waals surface area contributed by atoms with Gasteiger partial charge in [0.1, 0.15) is 18.3 Å². The first-order chi connectivity index (χ1) is 4.70. The Hall–Kier alpha value is -0.120. The summed E-state index contributed by atoms with van der Waals surface area (Å²) in [6.07, 6.45) is -0.964. The molecular formula is C7H11O3. The minimum absolute atomic E-state index is 0.133. The van der Waals surface area contributed by atoms with Crippen molar-refractivity contribution in [2.45, 2.75) is 37.8 Å². The van der Waals surface area contributed by atoms with Crippen molar-refractivity contribution in [2.24, 2.45) is 5.92 Å². The lowest BCUT2D eigenvalue weighted by Crippen LogP contribution is -2.38. The summed E-state index contributed by atoms with van der Waals surface area (Å²) in [5, 5.41) is 20.2. The molecule has 0 bridgehead atoms. The molecule has 2 fully saturated rings. The molecule has 0 aromatic rings. The molecule has 10 heavy (non-hydrogen) atoms. The molecule has 3 heteroatoms. The van der Waals surface area contributed by atoms with Crippen LogP contribution in [0.5, 0.6) is 0 Å². The molecule has 2 aliphatic rings. The van der Waals surface area contributed by atoms with Crippen molar-refractivity contribution in [3.63, 3.8) is 0 Å². The summed E-state index contributed by atoms with van der Waals surface area (Å²) in [6.45, 7) is 2.00. The summed E-state index contributed by atoms with van der Waals surface area (Å²) in [7, 11) is 0. The highest BCUT2D eigenvalue weighted by molar-refractivity contribution is 5.01. The predicted molar refractivity (Wildman–Crippen MR) is 32.9 cm³/mol. The maximum absolute atomic E-state index is 11.0. The zero-order chi connectivity index (χ0) is 7.30. The van der Waals surface area contributed by atoms with Crippen LogP contribution in [0.25, 0.3) is 0 Å². The number of hydrogen-bond donors (Lipinski definition) is 1. The third-order valence-electron chi connectivity index (χ3n) is 2.44. The normalized spacial score (nSPS) is 59.7. The van der Waals surface area contributed by atoms with E-state index in [-0.39, 0.29) is 12.2 Å². The Morgan fingerprint density at radius 3 is 2.90 bits per heavy atom. The largest absolute Gasteiger partial charge is 0.387 e. The number of rotatable bonds is 0. The summed E-state index contributed by atoms with van der Waals surface area (Å²) in [4.78, 5) is 0. The quantitative estimate of drug-likeness (QED) is 0.483. The molecule has 0 aromatic carbocycles. The third-order valence-corrected chi connectivity index (χ3v) is 2.44. The number of aliphatic hydroxyl groups excluding tert-OH is 1. The zero-order valence-corrected chi connectivity index (χ0v) is 5.86. The number of fused-ring (bicyclic) bond motifs is 1. The van der Waals surface area contributed by atoms with Gasteiger partial charge in [0.25, 0.3) is 0 Å². The van der Waals surface area contributed by atoms with Crippen LogP contribution in [0.15, 0.2) is 0 Å². The first kappa shape index (κ1) is 6.58. The summed E-state index contributed by atoms with van der Waals surface area (Å²) in [5.74, 6) is 0.343. The molecule has 1 aliphatic carbocycles. The van der Waals surface area contributed by atoms with Crippen molar-refractivity contribution in [2.75, 3.05) is 0 Å². The molecule has 0 aromatic heterocycles. The van der Waals surface area contributed by atoms with Gasteiger partial charge in [-0.1, -0.05) is 6.92 Å². The van der Waals surface area contributed by atoms with Gasteiger partial charge in [-0.25, -0.2) is 5.11 Å². The van der Waals surface area contributed by atoms with Crippen LogP contribution in [0.1, 0.15) is 13.3 Å². The molecule has 1 saturated heterocycles. The first-order valence-corrected chi connectivity index (χ1v) is 3.69. The van der Waals surface area contributed by atoms with Gasteiger partial charge in [0, 0.05) is 0 Å². The highest BCUT2D eigenvalue weighted by Gasteiger charge is 2.54. The lowest BCUT2D eigenvalue weighted by molar-refractivity contribution is -0.0534. The second kappa shape index (κ2) is 1.94. The van der Waals surface area contributed by atoms with Crippen LogP contribution in [0, 0.1) is 5.92 Å². The smallest absolute Gasteiger partial charge is 0.122 e. The number of ether oxygens (including phenoxy) is 1. The van der Waals surface area contributed by atoms with Gasteiger partial charge in [-0.05, 0) is 12.3 Å². The average Bonchev–Trinajstić information content (AvgIpc) is 2.61. The fourth-order valence-corrected chi connectivity index (χ4v) is 1.72. The van der Waals surface area contributed by atoms with E-state index in [2.05, 4.69) is 0 Å². The van der Waals surface area contributed by atoms with E-state index >= 15 is 0 Å². The molecule has 57 valence electrons. The van der Waals surface area contributed by atoms with Crippen molar-refractivity contribution in [3.05, 3.63) is 0 Å². The van der Waals surface area contributed by atoms with E-state index < -0.39 is 12.2 Å². The van der Waals surface area contributed by atoms with Crippen molar-refractivity contribution in [3.8, 4) is 0 Å². The highest BCUT2D eigenvalue weighted by atomic mass is 16.6. The summed E-state index contributed by atoms with van der Waals surface area (Å²) < 4.78 is 5.12. The molecule has 1 unspecified atom stereocenters. The molecule has 1 aliphatic heterocycles. The van der Waals surface area contributed by atoms with E-state index in [0.29, 0.717) is 12.3 Å². The van der Waals surface area contributed by atoms with E-state index in [9.17, 15) is 5.11 Å². The highest BCUT2D eigenvalue weighted by Crippen LogP contribution is 2.40. The van der Waals surface area contributed by atoms with Gasteiger partial charge in [0.05, 0.1) is 6.10 Å². The molecule has 1 N–H and O–H groups in total. The minimum Gasteiger partial charge on any atom is -0.387 e. The van der Waals surface area contributed by atoms with Crippen molar-refractivity contribution < 1.29 is 14.9 Å². The van der Waals surface area contributed by atoms with Crippen molar-refractivity contribution in [1.82, 2.24) is 0 Å². The Balaban J connectivity index is 2.05. The molecule has 3 nitrogen and oxygen atoms in total.